The lowest BCUT2D eigenvalue weighted by Crippen LogP contribution is -2.21. The van der Waals surface area contributed by atoms with Crippen molar-refractivity contribution in [2.45, 2.75) is 0 Å². The van der Waals surface area contributed by atoms with Crippen LogP contribution in [0.2, 0.25) is 0 Å². The summed E-state index contributed by atoms with van der Waals surface area (Å²) in [5.41, 5.74) is 2.39. The zero-order valence-corrected chi connectivity index (χ0v) is 17.0. The Morgan fingerprint density at radius 2 is 1.62 bits per heavy atom. The summed E-state index contributed by atoms with van der Waals surface area (Å²) in [6.07, 6.45) is 1.64. The zero-order valence-electron chi connectivity index (χ0n) is 17.0. The van der Waals surface area contributed by atoms with Gasteiger partial charge in [0.15, 0.2) is 5.82 Å². The van der Waals surface area contributed by atoms with Gasteiger partial charge in [-0.3, -0.25) is 4.40 Å². The molecule has 3 N–H and O–H groups in total. The molecule has 0 saturated heterocycles. The van der Waals surface area contributed by atoms with Gasteiger partial charge >= 0.3 is 0 Å². The maximum absolute atomic E-state index is 10.6. The highest BCUT2D eigenvalue weighted by atomic mass is 16.5. The molecule has 0 aliphatic carbocycles. The maximum Gasteiger partial charge on any atom is 0.236 e. The maximum atomic E-state index is 10.6. The first-order chi connectivity index (χ1) is 15.5. The van der Waals surface area contributed by atoms with Crippen LogP contribution in [0.1, 0.15) is 0 Å². The Labute approximate surface area is 182 Å². The minimum absolute atomic E-state index is 0.0581. The number of para-hydroxylation sites is 1. The van der Waals surface area contributed by atoms with Crippen molar-refractivity contribution in [3.63, 3.8) is 0 Å². The van der Waals surface area contributed by atoms with Gasteiger partial charge in [0.1, 0.15) is 28.6 Å². The van der Waals surface area contributed by atoms with E-state index in [1.54, 1.807) is 42.0 Å². The third-order valence-electron chi connectivity index (χ3n) is 5.09. The van der Waals surface area contributed by atoms with E-state index < -0.39 is 0 Å². The van der Waals surface area contributed by atoms with Crippen LogP contribution in [-0.2, 0) is 0 Å². The molecule has 3 aromatic carbocycles. The molecule has 5 rings (SSSR count). The Kier molecular flexibility index (Phi) is 4.59. The number of hydrogen-bond acceptors (Lipinski definition) is 7. The molecule has 0 bridgehead atoms. The lowest BCUT2D eigenvalue weighted by molar-refractivity contribution is 0.415. The number of aromatic nitrogens is 3. The summed E-state index contributed by atoms with van der Waals surface area (Å²) in [6, 6.07) is 18.8. The van der Waals surface area contributed by atoms with Gasteiger partial charge in [-0.2, -0.15) is 0 Å². The van der Waals surface area contributed by atoms with E-state index >= 15 is 0 Å². The molecule has 0 radical (unpaired) electrons. The van der Waals surface area contributed by atoms with E-state index in [2.05, 4.69) is 9.98 Å². The molecule has 5 aromatic rings. The van der Waals surface area contributed by atoms with Gasteiger partial charge in [0.2, 0.25) is 5.62 Å². The average molecular weight is 426 g/mol. The van der Waals surface area contributed by atoms with Crippen LogP contribution in [0.5, 0.6) is 23.0 Å². The molecule has 0 atom stereocenters. The predicted octanol–water partition coefficient (Wildman–Crippen LogP) is 3.91. The standard InChI is InChI=1S/C24H18N4O4/c1-32-16-8-6-14(7-9-16)26-24-25-11-10-19-17-4-2-3-5-18(17)27-23(28(19)24)22-20(30)12-15(29)13-21(22)31/h2-13,29-31H,1H3/b26-24-. The third kappa shape index (κ3) is 3.24. The minimum Gasteiger partial charge on any atom is -0.508 e. The number of aromatic hydroxyl groups is 3. The fourth-order valence-corrected chi connectivity index (χ4v) is 3.63. The number of rotatable bonds is 3. The lowest BCUT2D eigenvalue weighted by atomic mass is 10.1. The van der Waals surface area contributed by atoms with Gasteiger partial charge in [-0.05, 0) is 36.4 Å². The van der Waals surface area contributed by atoms with Gasteiger partial charge in [0, 0.05) is 23.7 Å². The van der Waals surface area contributed by atoms with Gasteiger partial charge < -0.3 is 20.1 Å². The van der Waals surface area contributed by atoms with Crippen molar-refractivity contribution in [1.82, 2.24) is 14.4 Å². The van der Waals surface area contributed by atoms with Crippen molar-refractivity contribution in [2.75, 3.05) is 7.11 Å². The number of hydrogen-bond donors (Lipinski definition) is 3. The van der Waals surface area contributed by atoms with Crippen LogP contribution in [0.25, 0.3) is 27.8 Å². The van der Waals surface area contributed by atoms with E-state index in [1.165, 1.54) is 0 Å². The van der Waals surface area contributed by atoms with Gasteiger partial charge in [-0.15, -0.1) is 0 Å². The molecular formula is C24H18N4O4. The van der Waals surface area contributed by atoms with Crippen molar-refractivity contribution in [1.29, 1.82) is 0 Å². The van der Waals surface area contributed by atoms with Gasteiger partial charge in [-0.25, -0.2) is 15.0 Å². The number of phenolic OH excluding ortho intramolecular Hbond substituents is 3. The Hall–Kier alpha value is -4.59. The first-order valence-electron chi connectivity index (χ1n) is 9.76. The minimum atomic E-state index is -0.321. The lowest BCUT2D eigenvalue weighted by Gasteiger charge is -2.14. The Morgan fingerprint density at radius 3 is 2.34 bits per heavy atom. The normalized spacial score (nSPS) is 11.8. The van der Waals surface area contributed by atoms with Crippen molar-refractivity contribution < 1.29 is 20.1 Å². The van der Waals surface area contributed by atoms with Crippen LogP contribution in [0.3, 0.4) is 0 Å². The molecule has 2 heterocycles. The van der Waals surface area contributed by atoms with Crippen LogP contribution in [0.4, 0.5) is 5.69 Å². The fraction of sp³-hybridized carbons (Fsp3) is 0.0417. The first kappa shape index (κ1) is 19.4. The summed E-state index contributed by atoms with van der Waals surface area (Å²) >= 11 is 0. The fourth-order valence-electron chi connectivity index (χ4n) is 3.63. The van der Waals surface area contributed by atoms with Crippen LogP contribution < -0.4 is 10.4 Å². The van der Waals surface area contributed by atoms with E-state index in [4.69, 9.17) is 9.72 Å². The molecule has 0 amide bonds. The molecule has 0 spiro atoms. The summed E-state index contributed by atoms with van der Waals surface area (Å²) in [4.78, 5) is 13.8. The molecule has 2 aromatic heterocycles. The number of ether oxygens (including phenoxy) is 1. The van der Waals surface area contributed by atoms with E-state index in [0.29, 0.717) is 22.6 Å². The largest absolute Gasteiger partial charge is 0.508 e. The van der Waals surface area contributed by atoms with Gasteiger partial charge in [0.05, 0.1) is 23.8 Å². The molecular weight excluding hydrogens is 408 g/mol. The summed E-state index contributed by atoms with van der Waals surface area (Å²) in [5.74, 6) is 0.0283. The summed E-state index contributed by atoms with van der Waals surface area (Å²) in [7, 11) is 1.59. The Morgan fingerprint density at radius 1 is 0.906 bits per heavy atom. The van der Waals surface area contributed by atoms with Crippen LogP contribution in [0, 0.1) is 0 Å². The quantitative estimate of drug-likeness (QED) is 0.377. The second kappa shape index (κ2) is 7.59. The molecule has 32 heavy (non-hydrogen) atoms. The predicted molar refractivity (Wildman–Crippen MR) is 119 cm³/mol. The number of methoxy groups -OCH3 is 1. The van der Waals surface area contributed by atoms with Gasteiger partial charge in [-0.1, -0.05) is 18.2 Å². The number of benzene rings is 3. The van der Waals surface area contributed by atoms with E-state index in [0.717, 1.165) is 23.0 Å². The molecule has 0 fully saturated rings. The molecule has 8 heteroatoms. The highest BCUT2D eigenvalue weighted by molar-refractivity contribution is 5.95. The topological polar surface area (TPSA) is 112 Å². The van der Waals surface area contributed by atoms with Crippen molar-refractivity contribution in [3.8, 4) is 34.4 Å². The molecule has 158 valence electrons. The number of phenols is 3. The number of nitrogens with zero attached hydrogens (tertiary/aromatic N) is 4. The SMILES string of the molecule is COc1ccc(/N=c2/nccc3c4ccccc4nc(-c4c(O)cc(O)cc4O)n23)cc1. The molecule has 0 aliphatic heterocycles. The van der Waals surface area contributed by atoms with E-state index in [9.17, 15) is 15.3 Å². The second-order valence-electron chi connectivity index (χ2n) is 7.09. The Balaban J connectivity index is 1.91. The second-order valence-corrected chi connectivity index (χ2v) is 7.09. The van der Waals surface area contributed by atoms with Gasteiger partial charge in [0.25, 0.3) is 0 Å². The van der Waals surface area contributed by atoms with Crippen molar-refractivity contribution in [3.05, 3.63) is 78.5 Å². The highest BCUT2D eigenvalue weighted by Gasteiger charge is 2.19. The summed E-state index contributed by atoms with van der Waals surface area (Å²) in [5, 5.41) is 31.7. The average Bonchev–Trinajstić information content (AvgIpc) is 2.79. The van der Waals surface area contributed by atoms with E-state index in [1.807, 2.05) is 30.3 Å². The molecule has 8 nitrogen and oxygen atoms in total. The first-order valence-corrected chi connectivity index (χ1v) is 9.76. The summed E-state index contributed by atoms with van der Waals surface area (Å²) in [6.45, 7) is 0. The van der Waals surface area contributed by atoms with Crippen molar-refractivity contribution >= 4 is 22.1 Å². The van der Waals surface area contributed by atoms with E-state index in [-0.39, 0.29) is 28.6 Å². The smallest absolute Gasteiger partial charge is 0.236 e. The van der Waals surface area contributed by atoms with Crippen LogP contribution >= 0.6 is 0 Å². The van der Waals surface area contributed by atoms with Crippen LogP contribution in [-0.4, -0.2) is 36.8 Å². The Bertz CT molecular complexity index is 1520. The zero-order chi connectivity index (χ0) is 22.2. The molecule has 0 unspecified atom stereocenters. The van der Waals surface area contributed by atoms with Crippen molar-refractivity contribution in [2.24, 2.45) is 4.99 Å². The number of fused-ring (bicyclic) bond motifs is 3. The van der Waals surface area contributed by atoms with Crippen LogP contribution in [0.15, 0.2) is 77.9 Å². The molecule has 0 saturated carbocycles. The monoisotopic (exact) mass is 426 g/mol. The third-order valence-corrected chi connectivity index (χ3v) is 5.09. The highest BCUT2D eigenvalue weighted by Crippen LogP contribution is 2.40. The molecule has 0 aliphatic rings. The summed E-state index contributed by atoms with van der Waals surface area (Å²) < 4.78 is 6.87.